The van der Waals surface area contributed by atoms with Gasteiger partial charge in [0.15, 0.2) is 0 Å². The molecule has 21 heavy (non-hydrogen) atoms. The lowest BCUT2D eigenvalue weighted by molar-refractivity contribution is 0.754. The number of halogens is 2. The second-order valence-corrected chi connectivity index (χ2v) is 6.72. The van der Waals surface area contributed by atoms with Gasteiger partial charge < -0.3 is 5.32 Å². The normalized spacial score (nSPS) is 11.0. The molecule has 0 aliphatic rings. The first-order valence-electron chi connectivity index (χ1n) is 6.75. The molecule has 3 nitrogen and oxygen atoms in total. The minimum absolute atomic E-state index is 0.262. The highest BCUT2D eigenvalue weighted by atomic mass is 35.5. The Labute approximate surface area is 139 Å². The fraction of sp³-hybridized carbons (Fsp3) is 0.333. The molecule has 1 heterocycles. The molecule has 6 heteroatoms. The quantitative estimate of drug-likeness (QED) is 0.729. The van der Waals surface area contributed by atoms with Gasteiger partial charge in [0.2, 0.25) is 0 Å². The number of nitrogens with zero attached hydrogens (tertiary/aromatic N) is 2. The molecule has 1 aromatic carbocycles. The number of benzene rings is 1. The number of rotatable bonds is 5. The maximum atomic E-state index is 6.21. The highest BCUT2D eigenvalue weighted by Gasteiger charge is 2.11. The van der Waals surface area contributed by atoms with Crippen molar-refractivity contribution in [2.75, 3.05) is 11.9 Å². The van der Waals surface area contributed by atoms with Crippen LogP contribution in [0.1, 0.15) is 32.5 Å². The fourth-order valence-electron chi connectivity index (χ4n) is 1.69. The Bertz CT molecular complexity index is 632. The van der Waals surface area contributed by atoms with Gasteiger partial charge in [-0.25, -0.2) is 9.97 Å². The molecule has 1 aromatic heterocycles. The monoisotopic (exact) mass is 341 g/mol. The Balaban J connectivity index is 2.36. The highest BCUT2D eigenvalue weighted by molar-refractivity contribution is 7.99. The molecule has 0 atom stereocenters. The van der Waals surface area contributed by atoms with Crippen molar-refractivity contribution in [3.8, 4) is 0 Å². The van der Waals surface area contributed by atoms with E-state index in [9.17, 15) is 0 Å². The first-order valence-corrected chi connectivity index (χ1v) is 8.32. The fourth-order valence-corrected chi connectivity index (χ4v) is 3.05. The first-order chi connectivity index (χ1) is 9.99. The molecule has 0 amide bonds. The van der Waals surface area contributed by atoms with E-state index in [2.05, 4.69) is 29.1 Å². The van der Waals surface area contributed by atoms with Gasteiger partial charge in [-0.2, -0.15) is 0 Å². The van der Waals surface area contributed by atoms with Crippen molar-refractivity contribution in [1.29, 1.82) is 0 Å². The lowest BCUT2D eigenvalue weighted by Gasteiger charge is -2.11. The number of nitrogens with one attached hydrogen (secondary N) is 1. The standard InChI is InChI=1S/C15H17Cl2N3S/c1-4-18-13-8-14(20-15(19-13)9(2)3)21-12-7-10(16)5-6-11(12)17/h5-9H,4H2,1-3H3,(H,18,19,20). The molecule has 0 unspecified atom stereocenters. The molecule has 0 spiro atoms. The lowest BCUT2D eigenvalue weighted by Crippen LogP contribution is -2.05. The van der Waals surface area contributed by atoms with Crippen LogP contribution >= 0.6 is 35.0 Å². The Hall–Kier alpha value is -0.970. The summed E-state index contributed by atoms with van der Waals surface area (Å²) in [4.78, 5) is 9.99. The summed E-state index contributed by atoms with van der Waals surface area (Å²) in [5.74, 6) is 1.91. The second kappa shape index (κ2) is 7.34. The molecule has 0 saturated carbocycles. The molecule has 112 valence electrons. The summed E-state index contributed by atoms with van der Waals surface area (Å²) >= 11 is 13.7. The third-order valence-corrected chi connectivity index (χ3v) is 4.35. The molecule has 0 aliphatic carbocycles. The molecule has 2 rings (SSSR count). The maximum Gasteiger partial charge on any atom is 0.134 e. The van der Waals surface area contributed by atoms with Gasteiger partial charge in [0, 0.05) is 28.4 Å². The predicted octanol–water partition coefficient (Wildman–Crippen LogP) is 5.49. The Morgan fingerprint density at radius 2 is 1.95 bits per heavy atom. The molecular formula is C15H17Cl2N3S. The van der Waals surface area contributed by atoms with E-state index >= 15 is 0 Å². The van der Waals surface area contributed by atoms with Crippen molar-refractivity contribution < 1.29 is 0 Å². The van der Waals surface area contributed by atoms with Crippen LogP contribution in [0.25, 0.3) is 0 Å². The van der Waals surface area contributed by atoms with E-state index in [0.717, 1.165) is 28.1 Å². The summed E-state index contributed by atoms with van der Waals surface area (Å²) < 4.78 is 0. The Morgan fingerprint density at radius 3 is 2.62 bits per heavy atom. The number of hydrogen-bond acceptors (Lipinski definition) is 4. The average molecular weight is 342 g/mol. The topological polar surface area (TPSA) is 37.8 Å². The van der Waals surface area contributed by atoms with Gasteiger partial charge in [-0.1, -0.05) is 48.8 Å². The van der Waals surface area contributed by atoms with E-state index in [-0.39, 0.29) is 5.92 Å². The van der Waals surface area contributed by atoms with E-state index in [1.807, 2.05) is 19.1 Å². The van der Waals surface area contributed by atoms with Crippen molar-refractivity contribution in [2.45, 2.75) is 36.6 Å². The molecule has 0 saturated heterocycles. The number of anilines is 1. The Kier molecular flexibility index (Phi) is 5.73. The molecule has 2 aromatic rings. The molecule has 0 radical (unpaired) electrons. The lowest BCUT2D eigenvalue weighted by atomic mass is 10.2. The van der Waals surface area contributed by atoms with E-state index < -0.39 is 0 Å². The first kappa shape index (κ1) is 16.4. The maximum absolute atomic E-state index is 6.21. The smallest absolute Gasteiger partial charge is 0.134 e. The summed E-state index contributed by atoms with van der Waals surface area (Å²) in [7, 11) is 0. The molecule has 1 N–H and O–H groups in total. The van der Waals surface area contributed by atoms with Gasteiger partial charge in [0.05, 0.1) is 5.02 Å². The zero-order valence-electron chi connectivity index (χ0n) is 12.2. The highest BCUT2D eigenvalue weighted by Crippen LogP contribution is 2.35. The van der Waals surface area contributed by atoms with Gasteiger partial charge in [-0.05, 0) is 25.1 Å². The van der Waals surface area contributed by atoms with Crippen LogP contribution in [0.3, 0.4) is 0 Å². The largest absolute Gasteiger partial charge is 0.370 e. The van der Waals surface area contributed by atoms with E-state index in [4.69, 9.17) is 23.2 Å². The molecule has 0 aliphatic heterocycles. The van der Waals surface area contributed by atoms with Crippen LogP contribution in [-0.2, 0) is 0 Å². The summed E-state index contributed by atoms with van der Waals surface area (Å²) in [6.07, 6.45) is 0. The van der Waals surface area contributed by atoms with Crippen LogP contribution in [0.4, 0.5) is 5.82 Å². The van der Waals surface area contributed by atoms with Crippen molar-refractivity contribution in [3.63, 3.8) is 0 Å². The van der Waals surface area contributed by atoms with Crippen LogP contribution in [-0.4, -0.2) is 16.5 Å². The Morgan fingerprint density at radius 1 is 1.19 bits per heavy atom. The van der Waals surface area contributed by atoms with Crippen molar-refractivity contribution in [2.24, 2.45) is 0 Å². The average Bonchev–Trinajstić information content (AvgIpc) is 2.43. The second-order valence-electron chi connectivity index (χ2n) is 4.81. The summed E-state index contributed by atoms with van der Waals surface area (Å²) in [6, 6.07) is 7.34. The summed E-state index contributed by atoms with van der Waals surface area (Å²) in [5.41, 5.74) is 0. The zero-order valence-corrected chi connectivity index (χ0v) is 14.5. The minimum atomic E-state index is 0.262. The van der Waals surface area contributed by atoms with Crippen molar-refractivity contribution in [1.82, 2.24) is 9.97 Å². The van der Waals surface area contributed by atoms with Gasteiger partial charge in [0.25, 0.3) is 0 Å². The predicted molar refractivity (Wildman–Crippen MR) is 90.9 cm³/mol. The number of hydrogen-bond donors (Lipinski definition) is 1. The molecule has 0 fully saturated rings. The van der Waals surface area contributed by atoms with E-state index in [1.165, 1.54) is 11.8 Å². The van der Waals surface area contributed by atoms with Gasteiger partial charge in [0.1, 0.15) is 16.7 Å². The summed E-state index contributed by atoms with van der Waals surface area (Å²) in [5, 5.41) is 5.41. The third-order valence-electron chi connectivity index (χ3n) is 2.70. The van der Waals surface area contributed by atoms with Crippen LogP contribution in [0.2, 0.25) is 10.0 Å². The van der Waals surface area contributed by atoms with Crippen molar-refractivity contribution in [3.05, 3.63) is 40.1 Å². The molecule has 0 bridgehead atoms. The molecular weight excluding hydrogens is 325 g/mol. The zero-order chi connectivity index (χ0) is 15.4. The van der Waals surface area contributed by atoms with Crippen LogP contribution in [0, 0.1) is 0 Å². The van der Waals surface area contributed by atoms with Crippen LogP contribution in [0.5, 0.6) is 0 Å². The van der Waals surface area contributed by atoms with Crippen LogP contribution < -0.4 is 5.32 Å². The number of aromatic nitrogens is 2. The van der Waals surface area contributed by atoms with E-state index in [1.54, 1.807) is 12.1 Å². The van der Waals surface area contributed by atoms with E-state index in [0.29, 0.717) is 10.0 Å². The van der Waals surface area contributed by atoms with Crippen LogP contribution in [0.15, 0.2) is 34.2 Å². The van der Waals surface area contributed by atoms with Gasteiger partial charge in [-0.15, -0.1) is 0 Å². The SMILES string of the molecule is CCNc1cc(Sc2cc(Cl)ccc2Cl)nc(C(C)C)n1. The minimum Gasteiger partial charge on any atom is -0.370 e. The van der Waals surface area contributed by atoms with Gasteiger partial charge in [-0.3, -0.25) is 0 Å². The third kappa shape index (κ3) is 4.50. The van der Waals surface area contributed by atoms with Crippen molar-refractivity contribution >= 4 is 40.8 Å². The summed E-state index contributed by atoms with van der Waals surface area (Å²) in [6.45, 7) is 7.01. The van der Waals surface area contributed by atoms with Gasteiger partial charge >= 0.3 is 0 Å².